The highest BCUT2D eigenvalue weighted by atomic mass is 16.2. The zero-order valence-corrected chi connectivity index (χ0v) is 14.4. The van der Waals surface area contributed by atoms with Crippen LogP contribution >= 0.6 is 0 Å². The molecule has 2 rings (SSSR count). The van der Waals surface area contributed by atoms with E-state index in [1.165, 1.54) is 64.2 Å². The van der Waals surface area contributed by atoms with Crippen molar-refractivity contribution < 1.29 is 9.59 Å². The van der Waals surface area contributed by atoms with Crippen molar-refractivity contribution in [3.8, 4) is 0 Å². The van der Waals surface area contributed by atoms with Gasteiger partial charge in [0.1, 0.15) is 0 Å². The lowest BCUT2D eigenvalue weighted by atomic mass is 10.1. The molecule has 2 aliphatic rings. The Morgan fingerprint density at radius 1 is 0.522 bits per heavy atom. The van der Waals surface area contributed by atoms with E-state index in [1.807, 2.05) is 0 Å². The number of hydrogen-bond donors (Lipinski definition) is 3. The maximum Gasteiger partial charge on any atom is 0.323 e. The standard InChI is InChI=1S/C18H33N3O2/c22-17(19-15-11-7-3-1-2-4-8-12-15)21-18(23)20-16-13-9-5-6-10-14-16/h15-16H,1-14H2,(H3,19,20,21,22,23). The summed E-state index contributed by atoms with van der Waals surface area (Å²) >= 11 is 0. The van der Waals surface area contributed by atoms with Gasteiger partial charge in [-0.15, -0.1) is 0 Å². The Bertz CT molecular complexity index is 355. The number of imide groups is 1. The summed E-state index contributed by atoms with van der Waals surface area (Å²) < 4.78 is 0. The Morgan fingerprint density at radius 3 is 1.17 bits per heavy atom. The Labute approximate surface area is 140 Å². The predicted molar refractivity (Wildman–Crippen MR) is 92.4 cm³/mol. The van der Waals surface area contributed by atoms with Gasteiger partial charge in [-0.1, -0.05) is 64.2 Å². The minimum absolute atomic E-state index is 0.207. The number of nitrogens with one attached hydrogen (secondary N) is 3. The first-order valence-electron chi connectivity index (χ1n) is 9.62. The highest BCUT2D eigenvalue weighted by molar-refractivity contribution is 5.93. The van der Waals surface area contributed by atoms with E-state index in [4.69, 9.17) is 0 Å². The molecule has 5 heteroatoms. The van der Waals surface area contributed by atoms with Gasteiger partial charge in [-0.25, -0.2) is 9.59 Å². The lowest BCUT2D eigenvalue weighted by Crippen LogP contribution is -2.50. The highest BCUT2D eigenvalue weighted by Gasteiger charge is 2.18. The summed E-state index contributed by atoms with van der Waals surface area (Å²) in [5, 5.41) is 8.38. The molecule has 0 saturated heterocycles. The molecule has 0 atom stereocenters. The molecule has 0 aromatic rings. The van der Waals surface area contributed by atoms with Crippen LogP contribution in [-0.2, 0) is 0 Å². The van der Waals surface area contributed by atoms with Crippen LogP contribution < -0.4 is 16.0 Å². The van der Waals surface area contributed by atoms with Crippen molar-refractivity contribution in [3.63, 3.8) is 0 Å². The van der Waals surface area contributed by atoms with Crippen LogP contribution in [0.1, 0.15) is 89.9 Å². The highest BCUT2D eigenvalue weighted by Crippen LogP contribution is 2.18. The predicted octanol–water partition coefficient (Wildman–Crippen LogP) is 4.22. The van der Waals surface area contributed by atoms with Crippen LogP contribution in [0.2, 0.25) is 0 Å². The van der Waals surface area contributed by atoms with E-state index in [0.717, 1.165) is 25.7 Å². The minimum Gasteiger partial charge on any atom is -0.335 e. The van der Waals surface area contributed by atoms with Gasteiger partial charge >= 0.3 is 12.1 Å². The first-order valence-corrected chi connectivity index (χ1v) is 9.62. The van der Waals surface area contributed by atoms with E-state index < -0.39 is 0 Å². The van der Waals surface area contributed by atoms with Gasteiger partial charge in [-0.2, -0.15) is 0 Å². The Hall–Kier alpha value is -1.26. The third kappa shape index (κ3) is 7.71. The average molecular weight is 323 g/mol. The molecule has 4 amide bonds. The number of hydrogen-bond acceptors (Lipinski definition) is 2. The van der Waals surface area contributed by atoms with Crippen LogP contribution in [0.3, 0.4) is 0 Å². The second-order valence-corrected chi connectivity index (χ2v) is 7.16. The SMILES string of the molecule is O=C(NC(=O)NC1CCCCCC1)NC1CCCCCCCC1. The normalized spacial score (nSPS) is 22.1. The molecular formula is C18H33N3O2. The molecule has 132 valence electrons. The molecule has 2 saturated carbocycles. The van der Waals surface area contributed by atoms with Gasteiger partial charge in [0, 0.05) is 12.1 Å². The van der Waals surface area contributed by atoms with Gasteiger partial charge in [-0.3, -0.25) is 5.32 Å². The number of amides is 4. The zero-order chi connectivity index (χ0) is 16.3. The van der Waals surface area contributed by atoms with E-state index in [-0.39, 0.29) is 24.1 Å². The van der Waals surface area contributed by atoms with E-state index >= 15 is 0 Å². The zero-order valence-electron chi connectivity index (χ0n) is 14.4. The molecule has 0 aliphatic heterocycles. The molecule has 0 heterocycles. The first kappa shape index (κ1) is 18.1. The minimum atomic E-state index is -0.350. The van der Waals surface area contributed by atoms with Crippen LogP contribution in [-0.4, -0.2) is 24.1 Å². The fraction of sp³-hybridized carbons (Fsp3) is 0.889. The molecule has 0 radical (unpaired) electrons. The monoisotopic (exact) mass is 323 g/mol. The Kier molecular flexibility index (Phi) is 8.26. The summed E-state index contributed by atoms with van der Waals surface area (Å²) in [6.07, 6.45) is 16.4. The number of urea groups is 2. The molecular weight excluding hydrogens is 290 g/mol. The molecule has 23 heavy (non-hydrogen) atoms. The quantitative estimate of drug-likeness (QED) is 0.666. The number of carbonyl (C=O) groups is 2. The number of carbonyl (C=O) groups excluding carboxylic acids is 2. The second-order valence-electron chi connectivity index (χ2n) is 7.16. The smallest absolute Gasteiger partial charge is 0.323 e. The lowest BCUT2D eigenvalue weighted by Gasteiger charge is -2.20. The lowest BCUT2D eigenvalue weighted by molar-refractivity contribution is 0.221. The maximum atomic E-state index is 12.0. The molecule has 0 aromatic heterocycles. The summed E-state index contributed by atoms with van der Waals surface area (Å²) in [4.78, 5) is 24.0. The van der Waals surface area contributed by atoms with E-state index in [9.17, 15) is 9.59 Å². The Balaban J connectivity index is 1.68. The fourth-order valence-electron chi connectivity index (χ4n) is 3.75. The fourth-order valence-corrected chi connectivity index (χ4v) is 3.75. The largest absolute Gasteiger partial charge is 0.335 e. The molecule has 0 unspecified atom stereocenters. The van der Waals surface area contributed by atoms with Gasteiger partial charge in [0.25, 0.3) is 0 Å². The maximum absolute atomic E-state index is 12.0. The first-order chi connectivity index (χ1) is 11.2. The van der Waals surface area contributed by atoms with Gasteiger partial charge in [-0.05, 0) is 25.7 Å². The van der Waals surface area contributed by atoms with Crippen LogP contribution in [0, 0.1) is 0 Å². The van der Waals surface area contributed by atoms with Gasteiger partial charge in [0.15, 0.2) is 0 Å². The van der Waals surface area contributed by atoms with E-state index in [1.54, 1.807) is 0 Å². The van der Waals surface area contributed by atoms with Gasteiger partial charge in [0.05, 0.1) is 0 Å². The molecule has 2 aliphatic carbocycles. The molecule has 0 spiro atoms. The van der Waals surface area contributed by atoms with Crippen molar-refractivity contribution in [1.82, 2.24) is 16.0 Å². The van der Waals surface area contributed by atoms with Crippen LogP contribution in [0.4, 0.5) is 9.59 Å². The van der Waals surface area contributed by atoms with Crippen molar-refractivity contribution in [2.75, 3.05) is 0 Å². The molecule has 0 bridgehead atoms. The molecule has 0 aromatic carbocycles. The van der Waals surface area contributed by atoms with Crippen molar-refractivity contribution in [2.24, 2.45) is 0 Å². The second kappa shape index (κ2) is 10.5. The van der Waals surface area contributed by atoms with Gasteiger partial charge < -0.3 is 10.6 Å². The third-order valence-electron chi connectivity index (χ3n) is 5.11. The summed E-state index contributed by atoms with van der Waals surface area (Å²) in [6.45, 7) is 0. The summed E-state index contributed by atoms with van der Waals surface area (Å²) in [5.41, 5.74) is 0. The molecule has 5 nitrogen and oxygen atoms in total. The van der Waals surface area contributed by atoms with E-state index in [0.29, 0.717) is 0 Å². The third-order valence-corrected chi connectivity index (χ3v) is 5.11. The van der Waals surface area contributed by atoms with Crippen molar-refractivity contribution >= 4 is 12.1 Å². The van der Waals surface area contributed by atoms with E-state index in [2.05, 4.69) is 16.0 Å². The van der Waals surface area contributed by atoms with Crippen molar-refractivity contribution in [1.29, 1.82) is 0 Å². The van der Waals surface area contributed by atoms with Gasteiger partial charge in [0.2, 0.25) is 0 Å². The molecule has 3 N–H and O–H groups in total. The average Bonchev–Trinajstić information content (AvgIpc) is 2.69. The van der Waals surface area contributed by atoms with Crippen LogP contribution in [0.15, 0.2) is 0 Å². The van der Waals surface area contributed by atoms with Crippen molar-refractivity contribution in [3.05, 3.63) is 0 Å². The summed E-state index contributed by atoms with van der Waals surface area (Å²) in [7, 11) is 0. The summed E-state index contributed by atoms with van der Waals surface area (Å²) in [5.74, 6) is 0. The van der Waals surface area contributed by atoms with Crippen LogP contribution in [0.25, 0.3) is 0 Å². The molecule has 2 fully saturated rings. The van der Waals surface area contributed by atoms with Crippen LogP contribution in [0.5, 0.6) is 0 Å². The topological polar surface area (TPSA) is 70.2 Å². The summed E-state index contributed by atoms with van der Waals surface area (Å²) in [6, 6.07) is -0.271. The Morgan fingerprint density at radius 2 is 0.826 bits per heavy atom. The van der Waals surface area contributed by atoms with Crippen molar-refractivity contribution in [2.45, 2.75) is 102 Å². The number of rotatable bonds is 2.